The molecule has 3 aliphatic carbocycles. The van der Waals surface area contributed by atoms with Gasteiger partial charge in [0.05, 0.1) is 0 Å². The number of hydrogen-bond donors (Lipinski definition) is 0. The number of halogens is 2. The fourth-order valence-corrected chi connectivity index (χ4v) is 5.76. The van der Waals surface area contributed by atoms with Crippen molar-refractivity contribution >= 4 is 31.9 Å². The standard InChI is InChI=1S/C10H14Br2/c11-8-4-7-5-1-2-6(3-5)9(7)10(8)12/h5-10H,1-4H2. The predicted octanol–water partition coefficient (Wildman–Crippen LogP) is 3.58. The molecule has 2 heteroatoms. The monoisotopic (exact) mass is 292 g/mol. The van der Waals surface area contributed by atoms with Crippen molar-refractivity contribution in [3.8, 4) is 0 Å². The smallest absolute Gasteiger partial charge is 0.0304 e. The third-order valence-corrected chi connectivity index (χ3v) is 7.27. The molecule has 0 nitrogen and oxygen atoms in total. The van der Waals surface area contributed by atoms with Crippen LogP contribution in [0.5, 0.6) is 0 Å². The molecule has 0 amide bonds. The fourth-order valence-electron chi connectivity index (χ4n) is 3.93. The predicted molar refractivity (Wildman–Crippen MR) is 57.9 cm³/mol. The number of alkyl halides is 2. The van der Waals surface area contributed by atoms with Crippen molar-refractivity contribution in [2.24, 2.45) is 23.7 Å². The van der Waals surface area contributed by atoms with Gasteiger partial charge in [-0.3, -0.25) is 0 Å². The van der Waals surface area contributed by atoms with Gasteiger partial charge >= 0.3 is 0 Å². The maximum Gasteiger partial charge on any atom is 0.0304 e. The molecule has 3 rings (SSSR count). The molecule has 0 radical (unpaired) electrons. The molecule has 0 aromatic rings. The van der Waals surface area contributed by atoms with Crippen LogP contribution in [-0.2, 0) is 0 Å². The highest BCUT2D eigenvalue weighted by molar-refractivity contribution is 9.12. The second-order valence-corrected chi connectivity index (χ2v) is 7.00. The Morgan fingerprint density at radius 3 is 2.42 bits per heavy atom. The second-order valence-electron chi connectivity index (χ2n) is 4.77. The number of fused-ring (bicyclic) bond motifs is 5. The fraction of sp³-hybridized carbons (Fsp3) is 1.00. The minimum absolute atomic E-state index is 0.760. The third-order valence-electron chi connectivity index (χ3n) is 4.37. The molecule has 6 unspecified atom stereocenters. The van der Waals surface area contributed by atoms with E-state index < -0.39 is 0 Å². The first-order chi connectivity index (χ1) is 5.77. The highest BCUT2D eigenvalue weighted by Crippen LogP contribution is 2.61. The molecular weight excluding hydrogens is 280 g/mol. The number of rotatable bonds is 0. The second kappa shape index (κ2) is 2.73. The summed E-state index contributed by atoms with van der Waals surface area (Å²) < 4.78 is 0. The first-order valence-electron chi connectivity index (χ1n) is 5.05. The maximum atomic E-state index is 3.87. The van der Waals surface area contributed by atoms with Gasteiger partial charge in [0, 0.05) is 9.65 Å². The Morgan fingerprint density at radius 2 is 1.67 bits per heavy atom. The summed E-state index contributed by atoms with van der Waals surface area (Å²) in [6.45, 7) is 0. The van der Waals surface area contributed by atoms with E-state index in [0.29, 0.717) is 0 Å². The summed E-state index contributed by atoms with van der Waals surface area (Å²) in [5.74, 6) is 4.26. The molecular formula is C10H14Br2. The van der Waals surface area contributed by atoms with Crippen molar-refractivity contribution < 1.29 is 0 Å². The van der Waals surface area contributed by atoms with Gasteiger partial charge < -0.3 is 0 Å². The normalized spacial score (nSPS) is 62.5. The first-order valence-corrected chi connectivity index (χ1v) is 6.88. The molecule has 0 saturated heterocycles. The van der Waals surface area contributed by atoms with Gasteiger partial charge in [0.2, 0.25) is 0 Å². The van der Waals surface area contributed by atoms with Crippen LogP contribution >= 0.6 is 31.9 Å². The molecule has 6 atom stereocenters. The summed E-state index contributed by atoms with van der Waals surface area (Å²) in [7, 11) is 0. The molecule has 3 fully saturated rings. The van der Waals surface area contributed by atoms with E-state index in [2.05, 4.69) is 31.9 Å². The van der Waals surface area contributed by atoms with Gasteiger partial charge in [0.25, 0.3) is 0 Å². The van der Waals surface area contributed by atoms with E-state index in [4.69, 9.17) is 0 Å². The topological polar surface area (TPSA) is 0 Å². The molecule has 0 N–H and O–H groups in total. The molecule has 0 heterocycles. The summed E-state index contributed by atoms with van der Waals surface area (Å²) in [6.07, 6.45) is 6.04. The van der Waals surface area contributed by atoms with Crippen molar-refractivity contribution in [2.75, 3.05) is 0 Å². The summed E-state index contributed by atoms with van der Waals surface area (Å²) in [6, 6.07) is 0. The Labute approximate surface area is 90.7 Å². The maximum absolute atomic E-state index is 3.87. The van der Waals surface area contributed by atoms with Crippen molar-refractivity contribution in [3.63, 3.8) is 0 Å². The van der Waals surface area contributed by atoms with E-state index in [9.17, 15) is 0 Å². The largest absolute Gasteiger partial charge is 0.0878 e. The molecule has 12 heavy (non-hydrogen) atoms. The summed E-state index contributed by atoms with van der Waals surface area (Å²) >= 11 is 7.66. The van der Waals surface area contributed by atoms with Gasteiger partial charge in [-0.05, 0) is 49.4 Å². The lowest BCUT2D eigenvalue weighted by Gasteiger charge is -2.26. The summed E-state index contributed by atoms with van der Waals surface area (Å²) in [5, 5.41) is 0. The lowest BCUT2D eigenvalue weighted by atomic mass is 9.82. The van der Waals surface area contributed by atoms with Crippen molar-refractivity contribution in [1.29, 1.82) is 0 Å². The third kappa shape index (κ3) is 0.943. The minimum atomic E-state index is 0.760. The van der Waals surface area contributed by atoms with Crippen LogP contribution in [0.3, 0.4) is 0 Å². The SMILES string of the molecule is BrC1CC2C3CCC(C3)C2C1Br. The molecule has 0 aromatic carbocycles. The van der Waals surface area contributed by atoms with Crippen LogP contribution in [0.15, 0.2) is 0 Å². The molecule has 0 aromatic heterocycles. The molecule has 3 saturated carbocycles. The average Bonchev–Trinajstić information content (AvgIpc) is 2.66. The van der Waals surface area contributed by atoms with Gasteiger partial charge in [0.1, 0.15) is 0 Å². The lowest BCUT2D eigenvalue weighted by Crippen LogP contribution is -2.23. The lowest BCUT2D eigenvalue weighted by molar-refractivity contribution is 0.264. The minimum Gasteiger partial charge on any atom is -0.0878 e. The summed E-state index contributed by atoms with van der Waals surface area (Å²) in [5.41, 5.74) is 0. The van der Waals surface area contributed by atoms with Gasteiger partial charge in [-0.2, -0.15) is 0 Å². The number of hydrogen-bond acceptors (Lipinski definition) is 0. The molecule has 0 aliphatic heterocycles. The Kier molecular flexibility index (Phi) is 1.88. The molecule has 0 spiro atoms. The van der Waals surface area contributed by atoms with E-state index in [-0.39, 0.29) is 0 Å². The van der Waals surface area contributed by atoms with E-state index in [0.717, 1.165) is 33.3 Å². The molecule has 68 valence electrons. The van der Waals surface area contributed by atoms with Gasteiger partial charge in [0.15, 0.2) is 0 Å². The average molecular weight is 294 g/mol. The zero-order valence-corrected chi connectivity index (χ0v) is 10.2. The van der Waals surface area contributed by atoms with E-state index in [1.54, 1.807) is 6.42 Å². The quantitative estimate of drug-likeness (QED) is 0.599. The molecule has 3 aliphatic rings. The van der Waals surface area contributed by atoms with Crippen LogP contribution in [-0.4, -0.2) is 9.65 Å². The van der Waals surface area contributed by atoms with Crippen molar-refractivity contribution in [1.82, 2.24) is 0 Å². The van der Waals surface area contributed by atoms with Gasteiger partial charge in [-0.25, -0.2) is 0 Å². The van der Waals surface area contributed by atoms with Gasteiger partial charge in [-0.1, -0.05) is 31.9 Å². The highest BCUT2D eigenvalue weighted by atomic mass is 79.9. The highest BCUT2D eigenvalue weighted by Gasteiger charge is 2.55. The Balaban J connectivity index is 1.90. The van der Waals surface area contributed by atoms with Crippen LogP contribution < -0.4 is 0 Å². The first kappa shape index (κ1) is 8.28. The van der Waals surface area contributed by atoms with E-state index in [1.165, 1.54) is 19.3 Å². The van der Waals surface area contributed by atoms with E-state index in [1.807, 2.05) is 0 Å². The molecule has 2 bridgehead atoms. The van der Waals surface area contributed by atoms with E-state index >= 15 is 0 Å². The zero-order valence-electron chi connectivity index (χ0n) is 7.05. The van der Waals surface area contributed by atoms with Crippen molar-refractivity contribution in [3.05, 3.63) is 0 Å². The van der Waals surface area contributed by atoms with Gasteiger partial charge in [-0.15, -0.1) is 0 Å². The van der Waals surface area contributed by atoms with Crippen LogP contribution in [0.2, 0.25) is 0 Å². The zero-order chi connectivity index (χ0) is 8.29. The Hall–Kier alpha value is 0.960. The van der Waals surface area contributed by atoms with Crippen LogP contribution in [0.1, 0.15) is 25.7 Å². The Bertz CT molecular complexity index is 202. The van der Waals surface area contributed by atoms with Crippen LogP contribution in [0.4, 0.5) is 0 Å². The van der Waals surface area contributed by atoms with Crippen LogP contribution in [0.25, 0.3) is 0 Å². The Morgan fingerprint density at radius 1 is 0.917 bits per heavy atom. The summed E-state index contributed by atoms with van der Waals surface area (Å²) in [4.78, 5) is 1.54. The van der Waals surface area contributed by atoms with Crippen molar-refractivity contribution in [2.45, 2.75) is 35.3 Å². The van der Waals surface area contributed by atoms with Crippen LogP contribution in [0, 0.1) is 23.7 Å².